The summed E-state index contributed by atoms with van der Waals surface area (Å²) in [7, 11) is 1.66. The molecule has 8 heteroatoms. The number of hydrogen-bond acceptors (Lipinski definition) is 4. The molecule has 0 radical (unpaired) electrons. The van der Waals surface area contributed by atoms with Crippen molar-refractivity contribution in [2.24, 2.45) is 10.4 Å². The lowest BCUT2D eigenvalue weighted by Crippen LogP contribution is -2.49. The SMILES string of the molecule is CCNC(=NCC(C)(C)C(=O)NC)NC1CCN(c2ccccn2)CC1.I. The first-order chi connectivity index (χ1) is 12.5. The first-order valence-electron chi connectivity index (χ1n) is 9.39. The highest BCUT2D eigenvalue weighted by atomic mass is 127. The zero-order chi connectivity index (χ0) is 19.0. The van der Waals surface area contributed by atoms with E-state index in [9.17, 15) is 4.79 Å². The standard InChI is InChI=1S/C19H32N6O.HI/c1-5-21-18(23-14-19(2,3)17(26)20-4)24-15-9-12-25(13-10-15)16-8-6-7-11-22-16;/h6-8,11,15H,5,9-10,12-14H2,1-4H3,(H,20,26)(H2,21,23,24);1H. The molecular weight excluding hydrogens is 455 g/mol. The third kappa shape index (κ3) is 7.15. The number of guanidine groups is 1. The monoisotopic (exact) mass is 488 g/mol. The fourth-order valence-electron chi connectivity index (χ4n) is 2.99. The van der Waals surface area contributed by atoms with Crippen molar-refractivity contribution in [3.8, 4) is 0 Å². The highest BCUT2D eigenvalue weighted by Gasteiger charge is 2.27. The molecule has 1 aromatic rings. The summed E-state index contributed by atoms with van der Waals surface area (Å²) in [5.41, 5.74) is -0.528. The summed E-state index contributed by atoms with van der Waals surface area (Å²) in [6.45, 7) is 9.03. The Morgan fingerprint density at radius 2 is 2.04 bits per heavy atom. The van der Waals surface area contributed by atoms with Crippen molar-refractivity contribution >= 4 is 41.7 Å². The van der Waals surface area contributed by atoms with E-state index in [-0.39, 0.29) is 29.9 Å². The van der Waals surface area contributed by atoms with Crippen molar-refractivity contribution in [2.45, 2.75) is 39.7 Å². The number of anilines is 1. The zero-order valence-electron chi connectivity index (χ0n) is 16.8. The second-order valence-electron chi connectivity index (χ2n) is 7.25. The van der Waals surface area contributed by atoms with Crippen molar-refractivity contribution in [1.82, 2.24) is 20.9 Å². The van der Waals surface area contributed by atoms with Gasteiger partial charge in [0.2, 0.25) is 5.91 Å². The van der Waals surface area contributed by atoms with E-state index in [2.05, 4.69) is 36.9 Å². The number of hydrogen-bond donors (Lipinski definition) is 3. The van der Waals surface area contributed by atoms with Gasteiger partial charge in [0.25, 0.3) is 0 Å². The van der Waals surface area contributed by atoms with E-state index in [4.69, 9.17) is 0 Å². The Balaban J connectivity index is 0.00000364. The highest BCUT2D eigenvalue weighted by molar-refractivity contribution is 14.0. The first kappa shape index (κ1) is 23.5. The van der Waals surface area contributed by atoms with Crippen molar-refractivity contribution in [3.63, 3.8) is 0 Å². The molecule has 1 aliphatic heterocycles. The second kappa shape index (κ2) is 11.3. The van der Waals surface area contributed by atoms with Crippen LogP contribution in [0.15, 0.2) is 29.4 Å². The number of amides is 1. The van der Waals surface area contributed by atoms with Gasteiger partial charge in [0.05, 0.1) is 12.0 Å². The van der Waals surface area contributed by atoms with Crippen LogP contribution in [0, 0.1) is 5.41 Å². The minimum absolute atomic E-state index is 0. The number of nitrogens with one attached hydrogen (secondary N) is 3. The fourth-order valence-corrected chi connectivity index (χ4v) is 2.99. The Hall–Kier alpha value is -1.58. The minimum atomic E-state index is -0.528. The average molecular weight is 488 g/mol. The molecule has 3 N–H and O–H groups in total. The van der Waals surface area contributed by atoms with Crippen LogP contribution in [0.1, 0.15) is 33.6 Å². The Labute approximate surface area is 179 Å². The van der Waals surface area contributed by atoms with Crippen LogP contribution in [-0.4, -0.2) is 56.1 Å². The smallest absolute Gasteiger partial charge is 0.227 e. The molecule has 0 spiro atoms. The van der Waals surface area contributed by atoms with Crippen LogP contribution in [0.3, 0.4) is 0 Å². The van der Waals surface area contributed by atoms with Gasteiger partial charge in [0, 0.05) is 38.9 Å². The van der Waals surface area contributed by atoms with E-state index >= 15 is 0 Å². The van der Waals surface area contributed by atoms with Gasteiger partial charge in [0.1, 0.15) is 5.82 Å². The summed E-state index contributed by atoms with van der Waals surface area (Å²) < 4.78 is 0. The lowest BCUT2D eigenvalue weighted by atomic mass is 9.93. The van der Waals surface area contributed by atoms with Gasteiger partial charge in [-0.1, -0.05) is 6.07 Å². The molecule has 0 bridgehead atoms. The number of aliphatic imine (C=N–C) groups is 1. The largest absolute Gasteiger partial charge is 0.359 e. The summed E-state index contributed by atoms with van der Waals surface area (Å²) in [4.78, 5) is 23.3. The maximum absolute atomic E-state index is 11.9. The summed E-state index contributed by atoms with van der Waals surface area (Å²) >= 11 is 0. The normalized spacial score (nSPS) is 15.7. The summed E-state index contributed by atoms with van der Waals surface area (Å²) in [6.07, 6.45) is 3.89. The van der Waals surface area contributed by atoms with Crippen LogP contribution >= 0.6 is 24.0 Å². The van der Waals surface area contributed by atoms with Gasteiger partial charge in [-0.15, -0.1) is 24.0 Å². The van der Waals surface area contributed by atoms with Crippen molar-refractivity contribution in [3.05, 3.63) is 24.4 Å². The highest BCUT2D eigenvalue weighted by Crippen LogP contribution is 2.18. The topological polar surface area (TPSA) is 81.6 Å². The molecular formula is C19H33IN6O. The number of nitrogens with zero attached hydrogens (tertiary/aromatic N) is 3. The molecule has 0 aliphatic carbocycles. The third-order valence-electron chi connectivity index (χ3n) is 4.63. The maximum atomic E-state index is 11.9. The van der Waals surface area contributed by atoms with Crippen molar-refractivity contribution < 1.29 is 4.79 Å². The van der Waals surface area contributed by atoms with Crippen LogP contribution in [0.4, 0.5) is 5.82 Å². The number of piperidine rings is 1. The molecule has 0 unspecified atom stereocenters. The molecule has 1 amide bonds. The number of rotatable bonds is 6. The molecule has 2 rings (SSSR count). The molecule has 1 aliphatic rings. The molecule has 27 heavy (non-hydrogen) atoms. The van der Waals surface area contributed by atoms with E-state index in [1.807, 2.05) is 39.1 Å². The Morgan fingerprint density at radius 1 is 1.33 bits per heavy atom. The molecule has 1 fully saturated rings. The van der Waals surface area contributed by atoms with E-state index < -0.39 is 5.41 Å². The molecule has 0 aromatic carbocycles. The fraction of sp³-hybridized carbons (Fsp3) is 0.632. The molecule has 0 atom stereocenters. The van der Waals surface area contributed by atoms with Gasteiger partial charge in [0.15, 0.2) is 5.96 Å². The summed E-state index contributed by atoms with van der Waals surface area (Å²) in [6, 6.07) is 6.39. The van der Waals surface area contributed by atoms with Crippen LogP contribution in [0.5, 0.6) is 0 Å². The van der Waals surface area contributed by atoms with Crippen molar-refractivity contribution in [1.29, 1.82) is 0 Å². The molecule has 1 saturated heterocycles. The van der Waals surface area contributed by atoms with E-state index in [1.165, 1.54) is 0 Å². The van der Waals surface area contributed by atoms with Gasteiger partial charge in [-0.3, -0.25) is 9.79 Å². The molecule has 152 valence electrons. The van der Waals surface area contributed by atoms with Gasteiger partial charge in [-0.05, 0) is 45.7 Å². The lowest BCUT2D eigenvalue weighted by Gasteiger charge is -2.34. The summed E-state index contributed by atoms with van der Waals surface area (Å²) in [5, 5.41) is 9.50. The summed E-state index contributed by atoms with van der Waals surface area (Å²) in [5.74, 6) is 1.82. The van der Waals surface area contributed by atoms with E-state index in [0.717, 1.165) is 44.3 Å². The van der Waals surface area contributed by atoms with Gasteiger partial charge in [-0.25, -0.2) is 4.98 Å². The van der Waals surface area contributed by atoms with Gasteiger partial charge >= 0.3 is 0 Å². The van der Waals surface area contributed by atoms with E-state index in [1.54, 1.807) is 7.05 Å². The van der Waals surface area contributed by atoms with Crippen molar-refractivity contribution in [2.75, 3.05) is 38.1 Å². The van der Waals surface area contributed by atoms with Crippen LogP contribution in [0.25, 0.3) is 0 Å². The Morgan fingerprint density at radius 3 is 2.59 bits per heavy atom. The second-order valence-corrected chi connectivity index (χ2v) is 7.25. The Kier molecular flexibility index (Phi) is 9.82. The number of carbonyl (C=O) groups is 1. The van der Waals surface area contributed by atoms with Crippen LogP contribution in [0.2, 0.25) is 0 Å². The predicted octanol–water partition coefficient (Wildman–Crippen LogP) is 2.00. The quantitative estimate of drug-likeness (QED) is 0.324. The minimum Gasteiger partial charge on any atom is -0.359 e. The number of halogens is 1. The zero-order valence-corrected chi connectivity index (χ0v) is 19.1. The van der Waals surface area contributed by atoms with Crippen LogP contribution in [-0.2, 0) is 4.79 Å². The average Bonchev–Trinajstić information content (AvgIpc) is 2.67. The molecule has 0 saturated carbocycles. The first-order valence-corrected chi connectivity index (χ1v) is 9.39. The third-order valence-corrected chi connectivity index (χ3v) is 4.63. The predicted molar refractivity (Wildman–Crippen MR) is 122 cm³/mol. The van der Waals surface area contributed by atoms with Crippen LogP contribution < -0.4 is 20.9 Å². The van der Waals surface area contributed by atoms with Gasteiger partial charge in [-0.2, -0.15) is 0 Å². The number of carbonyl (C=O) groups excluding carboxylic acids is 1. The van der Waals surface area contributed by atoms with E-state index in [0.29, 0.717) is 12.6 Å². The lowest BCUT2D eigenvalue weighted by molar-refractivity contribution is -0.128. The maximum Gasteiger partial charge on any atom is 0.227 e. The molecule has 1 aromatic heterocycles. The Bertz CT molecular complexity index is 599. The number of aromatic nitrogens is 1. The molecule has 2 heterocycles. The van der Waals surface area contributed by atoms with Gasteiger partial charge < -0.3 is 20.9 Å². The molecule has 7 nitrogen and oxygen atoms in total. The number of pyridine rings is 1.